The van der Waals surface area contributed by atoms with Gasteiger partial charge in [0.25, 0.3) is 5.91 Å². The molecule has 1 atom stereocenters. The summed E-state index contributed by atoms with van der Waals surface area (Å²) in [6.07, 6.45) is 0.460. The van der Waals surface area contributed by atoms with Crippen molar-refractivity contribution in [2.45, 2.75) is 33.2 Å². The highest BCUT2D eigenvalue weighted by Crippen LogP contribution is 2.31. The minimum atomic E-state index is -3.13. The van der Waals surface area contributed by atoms with E-state index >= 15 is 0 Å². The third kappa shape index (κ3) is 5.14. The van der Waals surface area contributed by atoms with Gasteiger partial charge >= 0.3 is 0 Å². The minimum Gasteiger partial charge on any atom is -0.326 e. The van der Waals surface area contributed by atoms with E-state index < -0.39 is 15.7 Å². The number of benzene rings is 2. The van der Waals surface area contributed by atoms with Crippen LogP contribution in [0, 0.1) is 13.8 Å². The summed E-state index contributed by atoms with van der Waals surface area (Å²) < 4.78 is 25.9. The van der Waals surface area contributed by atoms with Gasteiger partial charge < -0.3 is 10.6 Å². The van der Waals surface area contributed by atoms with Crippen LogP contribution < -0.4 is 10.6 Å². The Hall–Kier alpha value is -3.46. The van der Waals surface area contributed by atoms with Crippen LogP contribution in [0.15, 0.2) is 48.5 Å². The molecule has 1 saturated heterocycles. The fourth-order valence-corrected chi connectivity index (χ4v) is 5.63. The van der Waals surface area contributed by atoms with E-state index in [0.717, 1.165) is 16.7 Å². The molecule has 0 spiro atoms. The number of amides is 2. The predicted octanol–water partition coefficient (Wildman–Crippen LogP) is 3.74. The third-order valence-electron chi connectivity index (χ3n) is 5.77. The molecule has 2 heterocycles. The molecule has 172 valence electrons. The largest absolute Gasteiger partial charge is 0.326 e. The van der Waals surface area contributed by atoms with E-state index in [4.69, 9.17) is 0 Å². The van der Waals surface area contributed by atoms with Crippen LogP contribution in [0.1, 0.15) is 41.0 Å². The van der Waals surface area contributed by atoms with Crippen molar-refractivity contribution in [1.29, 1.82) is 0 Å². The second-order valence-corrected chi connectivity index (χ2v) is 10.7. The highest BCUT2D eigenvalue weighted by molar-refractivity contribution is 7.91. The van der Waals surface area contributed by atoms with Crippen molar-refractivity contribution in [1.82, 2.24) is 9.78 Å². The number of aryl methyl sites for hydroxylation is 2. The van der Waals surface area contributed by atoms with Crippen molar-refractivity contribution in [2.24, 2.45) is 0 Å². The Balaban J connectivity index is 1.68. The molecule has 33 heavy (non-hydrogen) atoms. The summed E-state index contributed by atoms with van der Waals surface area (Å²) in [6, 6.07) is 14.2. The molecule has 3 aromatic rings. The summed E-state index contributed by atoms with van der Waals surface area (Å²) in [5.74, 6) is -0.505. The SMILES string of the molecule is CC(=O)Nc1cccc(NC(=O)c2cc(-c3ccc(C)c(C)c3)n(C3CCS(=O)(=O)C3)n2)c1. The molecule has 2 N–H and O–H groups in total. The van der Waals surface area contributed by atoms with Crippen LogP contribution in [0.2, 0.25) is 0 Å². The maximum atomic E-state index is 13.0. The lowest BCUT2D eigenvalue weighted by Crippen LogP contribution is -2.16. The number of sulfone groups is 1. The van der Waals surface area contributed by atoms with Gasteiger partial charge in [0.15, 0.2) is 15.5 Å². The lowest BCUT2D eigenvalue weighted by atomic mass is 10.0. The van der Waals surface area contributed by atoms with Crippen molar-refractivity contribution in [3.05, 3.63) is 65.4 Å². The van der Waals surface area contributed by atoms with Gasteiger partial charge in [-0.15, -0.1) is 0 Å². The molecule has 1 fully saturated rings. The number of nitrogens with zero attached hydrogens (tertiary/aromatic N) is 2. The predicted molar refractivity (Wildman–Crippen MR) is 128 cm³/mol. The van der Waals surface area contributed by atoms with E-state index in [2.05, 4.69) is 15.7 Å². The molecule has 1 unspecified atom stereocenters. The maximum Gasteiger partial charge on any atom is 0.276 e. The van der Waals surface area contributed by atoms with Gasteiger partial charge in [0.2, 0.25) is 5.91 Å². The Morgan fingerprint density at radius 1 is 1.00 bits per heavy atom. The number of nitrogens with one attached hydrogen (secondary N) is 2. The monoisotopic (exact) mass is 466 g/mol. The zero-order chi connectivity index (χ0) is 23.8. The molecule has 0 bridgehead atoms. The average molecular weight is 467 g/mol. The quantitative estimate of drug-likeness (QED) is 0.595. The Bertz CT molecular complexity index is 1340. The molecule has 4 rings (SSSR count). The molecule has 0 saturated carbocycles. The molecule has 2 aromatic carbocycles. The maximum absolute atomic E-state index is 13.0. The van der Waals surface area contributed by atoms with Crippen LogP contribution in [0.5, 0.6) is 0 Å². The smallest absolute Gasteiger partial charge is 0.276 e. The fourth-order valence-electron chi connectivity index (χ4n) is 3.94. The van der Waals surface area contributed by atoms with E-state index in [1.807, 2.05) is 32.0 Å². The van der Waals surface area contributed by atoms with Gasteiger partial charge in [0.05, 0.1) is 23.2 Å². The molecule has 8 nitrogen and oxygen atoms in total. The van der Waals surface area contributed by atoms with Crippen molar-refractivity contribution in [2.75, 3.05) is 22.1 Å². The van der Waals surface area contributed by atoms with Crippen LogP contribution in [-0.2, 0) is 14.6 Å². The highest BCUT2D eigenvalue weighted by atomic mass is 32.2. The zero-order valence-electron chi connectivity index (χ0n) is 18.8. The van der Waals surface area contributed by atoms with E-state index in [1.54, 1.807) is 35.0 Å². The molecular weight excluding hydrogens is 440 g/mol. The topological polar surface area (TPSA) is 110 Å². The number of hydrogen-bond acceptors (Lipinski definition) is 5. The van der Waals surface area contributed by atoms with Crippen molar-refractivity contribution in [3.63, 3.8) is 0 Å². The van der Waals surface area contributed by atoms with Crippen molar-refractivity contribution in [3.8, 4) is 11.3 Å². The molecule has 1 aliphatic heterocycles. The lowest BCUT2D eigenvalue weighted by molar-refractivity contribution is -0.114. The van der Waals surface area contributed by atoms with Gasteiger partial charge in [-0.3, -0.25) is 14.3 Å². The van der Waals surface area contributed by atoms with Crippen molar-refractivity contribution >= 4 is 33.0 Å². The zero-order valence-corrected chi connectivity index (χ0v) is 19.6. The first kappa shape index (κ1) is 22.7. The summed E-state index contributed by atoms with van der Waals surface area (Å²) in [6.45, 7) is 5.44. The summed E-state index contributed by atoms with van der Waals surface area (Å²) >= 11 is 0. The highest BCUT2D eigenvalue weighted by Gasteiger charge is 2.32. The molecule has 9 heteroatoms. The number of aromatic nitrogens is 2. The first-order chi connectivity index (χ1) is 15.6. The number of carbonyl (C=O) groups excluding carboxylic acids is 2. The molecule has 2 amide bonds. The molecule has 0 radical (unpaired) electrons. The summed E-state index contributed by atoms with van der Waals surface area (Å²) in [5, 5.41) is 10.0. The second-order valence-electron chi connectivity index (χ2n) is 8.43. The van der Waals surface area contributed by atoms with Gasteiger partial charge in [-0.1, -0.05) is 18.2 Å². The minimum absolute atomic E-state index is 0.00629. The average Bonchev–Trinajstić information content (AvgIpc) is 3.33. The van der Waals surface area contributed by atoms with Gasteiger partial charge in [-0.05, 0) is 61.7 Å². The Labute approximate surface area is 192 Å². The summed E-state index contributed by atoms with van der Waals surface area (Å²) in [5.41, 5.74) is 5.09. The Morgan fingerprint density at radius 3 is 2.36 bits per heavy atom. The van der Waals surface area contributed by atoms with Crippen LogP contribution in [-0.4, -0.2) is 41.5 Å². The van der Waals surface area contributed by atoms with Crippen LogP contribution in [0.3, 0.4) is 0 Å². The number of anilines is 2. The van der Waals surface area contributed by atoms with Crippen LogP contribution in [0.4, 0.5) is 11.4 Å². The summed E-state index contributed by atoms with van der Waals surface area (Å²) in [7, 11) is -3.13. The second kappa shape index (κ2) is 8.82. The summed E-state index contributed by atoms with van der Waals surface area (Å²) in [4.78, 5) is 24.3. The third-order valence-corrected chi connectivity index (χ3v) is 7.52. The van der Waals surface area contributed by atoms with Gasteiger partial charge in [-0.25, -0.2) is 8.42 Å². The standard InChI is InChI=1S/C24H26N4O4S/c1-15-7-8-18(11-16(15)2)23-13-22(27-28(23)21-9-10-33(31,32)14-21)24(30)26-20-6-4-5-19(12-20)25-17(3)29/h4-8,11-13,21H,9-10,14H2,1-3H3,(H,25,29)(H,26,30). The number of carbonyl (C=O) groups is 2. The fraction of sp³-hybridized carbons (Fsp3) is 0.292. The normalized spacial score (nSPS) is 17.0. The Kier molecular flexibility index (Phi) is 6.07. The van der Waals surface area contributed by atoms with Crippen molar-refractivity contribution < 1.29 is 18.0 Å². The lowest BCUT2D eigenvalue weighted by Gasteiger charge is -2.14. The molecule has 0 aliphatic carbocycles. The van der Waals surface area contributed by atoms with Gasteiger partial charge in [0.1, 0.15) is 0 Å². The van der Waals surface area contributed by atoms with E-state index in [9.17, 15) is 18.0 Å². The molecule has 1 aromatic heterocycles. The molecular formula is C24H26N4O4S. The van der Waals surface area contributed by atoms with Crippen LogP contribution in [0.25, 0.3) is 11.3 Å². The van der Waals surface area contributed by atoms with Gasteiger partial charge in [0, 0.05) is 23.9 Å². The van der Waals surface area contributed by atoms with E-state index in [1.165, 1.54) is 6.92 Å². The van der Waals surface area contributed by atoms with E-state index in [-0.39, 0.29) is 29.1 Å². The first-order valence-corrected chi connectivity index (χ1v) is 12.5. The first-order valence-electron chi connectivity index (χ1n) is 10.7. The number of rotatable bonds is 5. The Morgan fingerprint density at radius 2 is 1.73 bits per heavy atom. The van der Waals surface area contributed by atoms with E-state index in [0.29, 0.717) is 23.5 Å². The van der Waals surface area contributed by atoms with Crippen LogP contribution >= 0.6 is 0 Å². The van der Waals surface area contributed by atoms with Gasteiger partial charge in [-0.2, -0.15) is 5.10 Å². The molecule has 1 aliphatic rings. The number of hydrogen-bond donors (Lipinski definition) is 2.